The van der Waals surface area contributed by atoms with E-state index >= 15 is 0 Å². The summed E-state index contributed by atoms with van der Waals surface area (Å²) in [5, 5.41) is 2.88. The van der Waals surface area contributed by atoms with Crippen LogP contribution in [0.15, 0.2) is 23.1 Å². The van der Waals surface area contributed by atoms with Crippen LogP contribution < -0.4 is 15.8 Å². The van der Waals surface area contributed by atoms with Crippen LogP contribution in [-0.4, -0.2) is 45.4 Å². The Kier molecular flexibility index (Phi) is 6.39. The second-order valence-corrected chi connectivity index (χ2v) is 9.26. The number of ether oxygens (including phenoxy) is 1. The summed E-state index contributed by atoms with van der Waals surface area (Å²) in [6, 6.07) is 4.78. The minimum atomic E-state index is -3.66. The molecule has 1 amide bonds. The van der Waals surface area contributed by atoms with Crippen LogP contribution in [0.4, 0.5) is 5.69 Å². The number of hydrogen-bond donors (Lipinski definition) is 2. The molecule has 1 saturated carbocycles. The second kappa shape index (κ2) is 8.58. The molecule has 2 atom stereocenters. The number of hydrogen-bond acceptors (Lipinski definition) is 5. The maximum absolute atomic E-state index is 13.1. The van der Waals surface area contributed by atoms with Crippen molar-refractivity contribution >= 4 is 21.6 Å². The van der Waals surface area contributed by atoms with Gasteiger partial charge in [-0.1, -0.05) is 12.8 Å². The van der Waals surface area contributed by atoms with Gasteiger partial charge in [0, 0.05) is 24.7 Å². The maximum atomic E-state index is 13.1. The number of nitrogens with one attached hydrogen (secondary N) is 1. The number of nitrogens with two attached hydrogens (primary N) is 1. The molecule has 150 valence electrons. The summed E-state index contributed by atoms with van der Waals surface area (Å²) in [5.41, 5.74) is 6.25. The van der Waals surface area contributed by atoms with Crippen molar-refractivity contribution in [3.63, 3.8) is 0 Å². The molecule has 1 aliphatic carbocycles. The summed E-state index contributed by atoms with van der Waals surface area (Å²) in [7, 11) is -2.21. The van der Waals surface area contributed by atoms with Crippen molar-refractivity contribution in [2.24, 2.45) is 17.6 Å². The lowest BCUT2D eigenvalue weighted by atomic mass is 9.95. The Balaban J connectivity index is 1.84. The smallest absolute Gasteiger partial charge is 0.246 e. The lowest BCUT2D eigenvalue weighted by Gasteiger charge is -2.26. The van der Waals surface area contributed by atoms with Crippen LogP contribution in [0.2, 0.25) is 0 Å². The van der Waals surface area contributed by atoms with E-state index in [4.69, 9.17) is 10.5 Å². The van der Waals surface area contributed by atoms with Gasteiger partial charge in [0.15, 0.2) is 0 Å². The van der Waals surface area contributed by atoms with Gasteiger partial charge in [-0.25, -0.2) is 8.42 Å². The Morgan fingerprint density at radius 3 is 2.63 bits per heavy atom. The zero-order chi connectivity index (χ0) is 19.4. The molecule has 2 aliphatic rings. The molecule has 7 nitrogen and oxygen atoms in total. The number of amides is 1. The van der Waals surface area contributed by atoms with Crippen LogP contribution in [-0.2, 0) is 14.8 Å². The van der Waals surface area contributed by atoms with Gasteiger partial charge in [0.2, 0.25) is 15.9 Å². The number of carbonyl (C=O) groups excluding carboxylic acids is 1. The third kappa shape index (κ3) is 4.28. The molecule has 2 fully saturated rings. The zero-order valence-electron chi connectivity index (χ0n) is 15.8. The van der Waals surface area contributed by atoms with Crippen molar-refractivity contribution in [3.8, 4) is 5.75 Å². The fourth-order valence-corrected chi connectivity index (χ4v) is 5.80. The number of sulfonamides is 1. The van der Waals surface area contributed by atoms with Gasteiger partial charge in [-0.2, -0.15) is 4.31 Å². The quantitative estimate of drug-likeness (QED) is 0.769. The highest BCUT2D eigenvalue weighted by Crippen LogP contribution is 2.34. The lowest BCUT2D eigenvalue weighted by Crippen LogP contribution is -2.35. The minimum Gasteiger partial charge on any atom is -0.495 e. The van der Waals surface area contributed by atoms with E-state index in [-0.39, 0.29) is 22.6 Å². The molecule has 1 heterocycles. The van der Waals surface area contributed by atoms with Gasteiger partial charge >= 0.3 is 0 Å². The first kappa shape index (κ1) is 20.1. The average molecular weight is 396 g/mol. The van der Waals surface area contributed by atoms with Crippen LogP contribution in [0.5, 0.6) is 5.75 Å². The molecule has 3 rings (SSSR count). The van der Waals surface area contributed by atoms with Gasteiger partial charge in [-0.3, -0.25) is 4.79 Å². The van der Waals surface area contributed by atoms with Crippen LogP contribution >= 0.6 is 0 Å². The molecule has 1 aliphatic heterocycles. The van der Waals surface area contributed by atoms with Crippen molar-refractivity contribution in [1.82, 2.24) is 4.31 Å². The normalized spacial score (nSPS) is 23.9. The van der Waals surface area contributed by atoms with Gasteiger partial charge in [0.25, 0.3) is 0 Å². The molecular weight excluding hydrogens is 366 g/mol. The topological polar surface area (TPSA) is 102 Å². The molecule has 1 saturated heterocycles. The van der Waals surface area contributed by atoms with Gasteiger partial charge in [-0.15, -0.1) is 0 Å². The molecule has 0 spiro atoms. The summed E-state index contributed by atoms with van der Waals surface area (Å²) in [5.74, 6) is 0.285. The standard InChI is InChI=1S/C19H29N3O4S/c1-26-17-9-8-15(21-19(23)16-7-5-6-14(16)13-20)12-18(17)27(24,25)22-10-3-2-4-11-22/h8-9,12,14,16H,2-7,10-11,13,20H2,1H3,(H,21,23)/t14-,16-/m1/s1. The predicted molar refractivity (Wildman–Crippen MR) is 104 cm³/mol. The largest absolute Gasteiger partial charge is 0.495 e. The van der Waals surface area contributed by atoms with E-state index in [9.17, 15) is 13.2 Å². The van der Waals surface area contributed by atoms with Gasteiger partial charge in [-0.05, 0) is 56.3 Å². The third-order valence-electron chi connectivity index (χ3n) is 5.66. The molecule has 27 heavy (non-hydrogen) atoms. The number of piperidine rings is 1. The van der Waals surface area contributed by atoms with Crippen molar-refractivity contribution in [2.45, 2.75) is 43.4 Å². The zero-order valence-corrected chi connectivity index (χ0v) is 16.6. The van der Waals surface area contributed by atoms with Crippen molar-refractivity contribution in [3.05, 3.63) is 18.2 Å². The Morgan fingerprint density at radius 1 is 1.22 bits per heavy atom. The maximum Gasteiger partial charge on any atom is 0.246 e. The Hall–Kier alpha value is -1.64. The highest BCUT2D eigenvalue weighted by atomic mass is 32.2. The van der Waals surface area contributed by atoms with Crippen LogP contribution in [0.25, 0.3) is 0 Å². The Bertz CT molecular complexity index is 775. The van der Waals surface area contributed by atoms with Crippen LogP contribution in [0, 0.1) is 11.8 Å². The van der Waals surface area contributed by atoms with E-state index in [1.54, 1.807) is 12.1 Å². The Morgan fingerprint density at radius 2 is 1.96 bits per heavy atom. The highest BCUT2D eigenvalue weighted by Gasteiger charge is 2.33. The molecule has 0 bridgehead atoms. The molecule has 1 aromatic rings. The minimum absolute atomic E-state index is 0.0885. The summed E-state index contributed by atoms with van der Waals surface area (Å²) in [6.07, 6.45) is 5.55. The number of rotatable bonds is 6. The third-order valence-corrected chi connectivity index (χ3v) is 7.58. The van der Waals surface area contributed by atoms with Crippen molar-refractivity contribution in [1.29, 1.82) is 0 Å². The van der Waals surface area contributed by atoms with Crippen LogP contribution in [0.1, 0.15) is 38.5 Å². The van der Waals surface area contributed by atoms with E-state index in [2.05, 4.69) is 5.32 Å². The molecule has 8 heteroatoms. The fourth-order valence-electron chi connectivity index (χ4n) is 4.10. The lowest BCUT2D eigenvalue weighted by molar-refractivity contribution is -0.120. The van der Waals surface area contributed by atoms with E-state index in [1.807, 2.05) is 0 Å². The van der Waals surface area contributed by atoms with E-state index in [1.165, 1.54) is 17.5 Å². The highest BCUT2D eigenvalue weighted by molar-refractivity contribution is 7.89. The SMILES string of the molecule is COc1ccc(NC(=O)[C@@H]2CCC[C@@H]2CN)cc1S(=O)(=O)N1CCCCC1. The van der Waals surface area contributed by atoms with Crippen molar-refractivity contribution in [2.75, 3.05) is 32.1 Å². The first-order valence-electron chi connectivity index (χ1n) is 9.66. The van der Waals surface area contributed by atoms with Gasteiger partial charge < -0.3 is 15.8 Å². The van der Waals surface area contributed by atoms with E-state index < -0.39 is 10.0 Å². The molecule has 3 N–H and O–H groups in total. The van der Waals surface area contributed by atoms with Crippen LogP contribution in [0.3, 0.4) is 0 Å². The number of benzene rings is 1. The molecule has 0 unspecified atom stereocenters. The van der Waals surface area contributed by atoms with E-state index in [0.29, 0.717) is 31.1 Å². The van der Waals surface area contributed by atoms with Gasteiger partial charge in [0.05, 0.1) is 7.11 Å². The Labute approximate surface area is 161 Å². The molecule has 0 aromatic heterocycles. The summed E-state index contributed by atoms with van der Waals surface area (Å²) in [6.45, 7) is 1.53. The van der Waals surface area contributed by atoms with Gasteiger partial charge in [0.1, 0.15) is 10.6 Å². The van der Waals surface area contributed by atoms with Crippen molar-refractivity contribution < 1.29 is 17.9 Å². The number of carbonyl (C=O) groups is 1. The number of methoxy groups -OCH3 is 1. The average Bonchev–Trinajstić information content (AvgIpc) is 3.17. The monoisotopic (exact) mass is 395 g/mol. The summed E-state index contributed by atoms with van der Waals surface area (Å²) < 4.78 is 32.9. The summed E-state index contributed by atoms with van der Waals surface area (Å²) >= 11 is 0. The first-order valence-corrected chi connectivity index (χ1v) is 11.1. The second-order valence-electron chi connectivity index (χ2n) is 7.35. The number of nitrogens with zero attached hydrogens (tertiary/aromatic N) is 1. The predicted octanol–water partition coefficient (Wildman–Crippen LogP) is 2.18. The number of anilines is 1. The molecule has 1 aromatic carbocycles. The summed E-state index contributed by atoms with van der Waals surface area (Å²) in [4.78, 5) is 12.7. The van der Waals surface area contributed by atoms with E-state index in [0.717, 1.165) is 38.5 Å². The molecule has 0 radical (unpaired) electrons. The molecular formula is C19H29N3O4S. The fraction of sp³-hybridized carbons (Fsp3) is 0.632. The first-order chi connectivity index (χ1) is 13.0.